The number of halogens is 1. The fraction of sp³-hybridized carbons (Fsp3) is 0. The summed E-state index contributed by atoms with van der Waals surface area (Å²) in [7, 11) is 0. The van der Waals surface area contributed by atoms with E-state index in [9.17, 15) is 14.9 Å². The first-order valence-electron chi connectivity index (χ1n) is 8.38. The van der Waals surface area contributed by atoms with Gasteiger partial charge < -0.3 is 0 Å². The molecule has 3 rings (SSSR count). The highest BCUT2D eigenvalue weighted by Crippen LogP contribution is 2.17. The molecule has 0 amide bonds. The maximum atomic E-state index is 12.4. The van der Waals surface area contributed by atoms with Gasteiger partial charge in [-0.3, -0.25) is 19.9 Å². The zero-order valence-corrected chi connectivity index (χ0v) is 16.2. The normalized spacial score (nSPS) is 11.2. The minimum Gasteiger partial charge on any atom is -0.289 e. The van der Waals surface area contributed by atoms with Crippen LogP contribution in [0.5, 0.6) is 0 Å². The third-order valence-corrected chi connectivity index (χ3v) is 4.42. The summed E-state index contributed by atoms with van der Waals surface area (Å²) in [6.45, 7) is 0. The summed E-state index contributed by atoms with van der Waals surface area (Å²) in [5.74, 6) is -0.115. The summed E-state index contributed by atoms with van der Waals surface area (Å²) in [5.41, 5.74) is 2.86. The minimum absolute atomic E-state index is 0.0299. The Morgan fingerprint density at radius 3 is 2.32 bits per heavy atom. The standard InChI is InChI=1S/C22H15BrN2O3/c23-19-9-4-16(5-10-19)8-13-22(26)18-2-1-3-20(14-18)24-15-17-6-11-21(12-7-17)25(27)28/h1-15H. The van der Waals surface area contributed by atoms with E-state index in [-0.39, 0.29) is 11.5 Å². The lowest BCUT2D eigenvalue weighted by molar-refractivity contribution is -0.384. The Kier molecular flexibility index (Phi) is 6.24. The van der Waals surface area contributed by atoms with Crippen LogP contribution in [0.25, 0.3) is 6.08 Å². The molecule has 0 saturated carbocycles. The molecule has 6 heteroatoms. The Labute approximate surface area is 170 Å². The van der Waals surface area contributed by atoms with Crippen LogP contribution in [0.4, 0.5) is 11.4 Å². The number of aliphatic imine (C=N–C) groups is 1. The van der Waals surface area contributed by atoms with Crippen LogP contribution >= 0.6 is 15.9 Å². The van der Waals surface area contributed by atoms with E-state index in [1.165, 1.54) is 18.2 Å². The van der Waals surface area contributed by atoms with E-state index >= 15 is 0 Å². The number of carbonyl (C=O) groups is 1. The van der Waals surface area contributed by atoms with Gasteiger partial charge in [0, 0.05) is 28.4 Å². The van der Waals surface area contributed by atoms with E-state index in [0.717, 1.165) is 15.6 Å². The molecule has 0 aliphatic heterocycles. The molecule has 0 bridgehead atoms. The summed E-state index contributed by atoms with van der Waals surface area (Å²) in [5, 5.41) is 10.7. The summed E-state index contributed by atoms with van der Waals surface area (Å²) in [4.78, 5) is 27.0. The number of non-ortho nitro benzene ring substituents is 1. The third-order valence-electron chi connectivity index (χ3n) is 3.89. The first-order chi connectivity index (χ1) is 13.5. The van der Waals surface area contributed by atoms with Gasteiger partial charge in [-0.25, -0.2) is 0 Å². The second-order valence-electron chi connectivity index (χ2n) is 5.91. The van der Waals surface area contributed by atoms with Crippen LogP contribution < -0.4 is 0 Å². The van der Waals surface area contributed by atoms with Gasteiger partial charge in [0.15, 0.2) is 5.78 Å². The maximum absolute atomic E-state index is 12.4. The predicted molar refractivity (Wildman–Crippen MR) is 114 cm³/mol. The van der Waals surface area contributed by atoms with E-state index in [1.54, 1.807) is 48.7 Å². The molecule has 138 valence electrons. The maximum Gasteiger partial charge on any atom is 0.269 e. The van der Waals surface area contributed by atoms with Crippen LogP contribution in [0.1, 0.15) is 21.5 Å². The van der Waals surface area contributed by atoms with Gasteiger partial charge in [-0.1, -0.05) is 46.3 Å². The topological polar surface area (TPSA) is 72.6 Å². The quantitative estimate of drug-likeness (QED) is 0.157. The van der Waals surface area contributed by atoms with Gasteiger partial charge in [0.2, 0.25) is 0 Å². The lowest BCUT2D eigenvalue weighted by Gasteiger charge is -1.99. The van der Waals surface area contributed by atoms with Crippen LogP contribution in [0.3, 0.4) is 0 Å². The van der Waals surface area contributed by atoms with Crippen molar-refractivity contribution in [2.75, 3.05) is 0 Å². The van der Waals surface area contributed by atoms with E-state index in [2.05, 4.69) is 20.9 Å². The summed E-state index contributed by atoms with van der Waals surface area (Å²) >= 11 is 3.38. The monoisotopic (exact) mass is 434 g/mol. The van der Waals surface area contributed by atoms with Crippen molar-refractivity contribution >= 4 is 45.4 Å². The van der Waals surface area contributed by atoms with Crippen molar-refractivity contribution in [2.45, 2.75) is 0 Å². The highest BCUT2D eigenvalue weighted by atomic mass is 79.9. The molecule has 28 heavy (non-hydrogen) atoms. The lowest BCUT2D eigenvalue weighted by Crippen LogP contribution is -1.93. The Hall–Kier alpha value is -3.38. The second kappa shape index (κ2) is 9.01. The number of nitro groups is 1. The molecule has 0 atom stereocenters. The highest BCUT2D eigenvalue weighted by Gasteiger charge is 2.04. The van der Waals surface area contributed by atoms with Gasteiger partial charge in [-0.05, 0) is 53.6 Å². The third kappa shape index (κ3) is 5.31. The smallest absolute Gasteiger partial charge is 0.269 e. The first kappa shape index (κ1) is 19.4. The molecule has 0 spiro atoms. The van der Waals surface area contributed by atoms with Crippen molar-refractivity contribution in [3.8, 4) is 0 Å². The highest BCUT2D eigenvalue weighted by molar-refractivity contribution is 9.10. The number of rotatable bonds is 6. The van der Waals surface area contributed by atoms with Gasteiger partial charge >= 0.3 is 0 Å². The number of hydrogen-bond donors (Lipinski definition) is 0. The number of nitrogens with zero attached hydrogens (tertiary/aromatic N) is 2. The molecular formula is C22H15BrN2O3. The van der Waals surface area contributed by atoms with Gasteiger partial charge in [0.05, 0.1) is 10.6 Å². The van der Waals surface area contributed by atoms with Crippen LogP contribution in [0, 0.1) is 10.1 Å². The average molecular weight is 435 g/mol. The Bertz CT molecular complexity index is 1060. The van der Waals surface area contributed by atoms with Crippen molar-refractivity contribution in [2.24, 2.45) is 4.99 Å². The van der Waals surface area contributed by atoms with Crippen molar-refractivity contribution in [1.82, 2.24) is 0 Å². The first-order valence-corrected chi connectivity index (χ1v) is 9.17. The van der Waals surface area contributed by atoms with Crippen molar-refractivity contribution in [3.63, 3.8) is 0 Å². The molecule has 0 unspecified atom stereocenters. The number of ketones is 1. The van der Waals surface area contributed by atoms with Gasteiger partial charge in [-0.15, -0.1) is 0 Å². The zero-order chi connectivity index (χ0) is 19.9. The molecule has 3 aromatic carbocycles. The Morgan fingerprint density at radius 1 is 0.964 bits per heavy atom. The summed E-state index contributed by atoms with van der Waals surface area (Å²) < 4.78 is 0.981. The molecule has 0 N–H and O–H groups in total. The van der Waals surface area contributed by atoms with Crippen LogP contribution in [-0.2, 0) is 0 Å². The van der Waals surface area contributed by atoms with Crippen molar-refractivity contribution in [3.05, 3.63) is 110 Å². The van der Waals surface area contributed by atoms with Gasteiger partial charge in [-0.2, -0.15) is 0 Å². The van der Waals surface area contributed by atoms with Crippen LogP contribution in [0.2, 0.25) is 0 Å². The zero-order valence-electron chi connectivity index (χ0n) is 14.7. The molecule has 5 nitrogen and oxygen atoms in total. The molecule has 0 radical (unpaired) electrons. The van der Waals surface area contributed by atoms with Crippen molar-refractivity contribution < 1.29 is 9.72 Å². The van der Waals surface area contributed by atoms with Crippen LogP contribution in [0.15, 0.2) is 88.3 Å². The Balaban J connectivity index is 1.71. The molecule has 0 heterocycles. The number of hydrogen-bond acceptors (Lipinski definition) is 4. The summed E-state index contributed by atoms with van der Waals surface area (Å²) in [6.07, 6.45) is 4.90. The number of carbonyl (C=O) groups excluding carboxylic acids is 1. The van der Waals surface area contributed by atoms with Gasteiger partial charge in [0.1, 0.15) is 0 Å². The van der Waals surface area contributed by atoms with E-state index < -0.39 is 4.92 Å². The molecule has 0 aliphatic carbocycles. The lowest BCUT2D eigenvalue weighted by atomic mass is 10.1. The van der Waals surface area contributed by atoms with E-state index in [1.807, 2.05) is 24.3 Å². The average Bonchev–Trinajstić information content (AvgIpc) is 2.72. The molecule has 0 fully saturated rings. The fourth-order valence-corrected chi connectivity index (χ4v) is 2.68. The van der Waals surface area contributed by atoms with Gasteiger partial charge in [0.25, 0.3) is 5.69 Å². The molecular weight excluding hydrogens is 420 g/mol. The fourth-order valence-electron chi connectivity index (χ4n) is 2.41. The van der Waals surface area contributed by atoms with Crippen molar-refractivity contribution in [1.29, 1.82) is 0 Å². The largest absolute Gasteiger partial charge is 0.289 e. The minimum atomic E-state index is -0.447. The predicted octanol–water partition coefficient (Wildman–Crippen LogP) is 6.00. The number of benzene rings is 3. The number of allylic oxidation sites excluding steroid dienone is 1. The SMILES string of the molecule is O=C(C=Cc1ccc(Br)cc1)c1cccc(N=Cc2ccc([N+](=O)[O-])cc2)c1. The molecule has 0 aromatic heterocycles. The second-order valence-corrected chi connectivity index (χ2v) is 6.82. The van der Waals surface area contributed by atoms with E-state index in [0.29, 0.717) is 11.3 Å². The molecule has 0 saturated heterocycles. The Morgan fingerprint density at radius 2 is 1.64 bits per heavy atom. The number of nitro benzene ring substituents is 1. The summed E-state index contributed by atoms with van der Waals surface area (Å²) in [6, 6.07) is 20.8. The van der Waals surface area contributed by atoms with E-state index in [4.69, 9.17) is 0 Å². The molecule has 0 aliphatic rings. The van der Waals surface area contributed by atoms with Crippen LogP contribution in [-0.4, -0.2) is 16.9 Å². The molecule has 3 aromatic rings.